The summed E-state index contributed by atoms with van der Waals surface area (Å²) in [7, 11) is 1.66. The van der Waals surface area contributed by atoms with Crippen LogP contribution in [0.5, 0.6) is 0 Å². The van der Waals surface area contributed by atoms with Crippen LogP contribution in [0.25, 0.3) is 0 Å². The second-order valence-electron chi connectivity index (χ2n) is 10.2. The Balaban J connectivity index is 4.16. The second-order valence-corrected chi connectivity index (χ2v) is 10.2. The number of carbonyl (C=O) groups is 1. The van der Waals surface area contributed by atoms with Crippen LogP contribution in [0.1, 0.15) is 130 Å². The molecule has 0 amide bonds. The Kier molecular flexibility index (Phi) is 25.0. The van der Waals surface area contributed by atoms with Crippen LogP contribution in [0.3, 0.4) is 0 Å². The Bertz CT molecular complexity index is 429. The summed E-state index contributed by atoms with van der Waals surface area (Å²) in [5, 5.41) is 0. The van der Waals surface area contributed by atoms with E-state index in [-0.39, 0.29) is 18.0 Å². The molecule has 0 aliphatic rings. The first-order valence-electron chi connectivity index (χ1n) is 14.4. The predicted octanol–water partition coefficient (Wildman–Crippen LogP) is 7.89. The molecular weight excluding hydrogens is 428 g/mol. The molecular formula is C29H58O5. The van der Waals surface area contributed by atoms with Gasteiger partial charge in [-0.2, -0.15) is 0 Å². The molecule has 34 heavy (non-hydrogen) atoms. The van der Waals surface area contributed by atoms with Gasteiger partial charge in [0.05, 0.1) is 19.8 Å². The number of hydrogen-bond acceptors (Lipinski definition) is 5. The molecule has 0 aliphatic heterocycles. The molecule has 5 nitrogen and oxygen atoms in total. The average Bonchev–Trinajstić information content (AvgIpc) is 2.83. The van der Waals surface area contributed by atoms with Gasteiger partial charge in [-0.1, -0.05) is 111 Å². The van der Waals surface area contributed by atoms with Crippen LogP contribution in [-0.4, -0.2) is 52.7 Å². The molecule has 0 bridgehead atoms. The van der Waals surface area contributed by atoms with Crippen molar-refractivity contribution in [3.8, 4) is 0 Å². The molecule has 0 saturated heterocycles. The Labute approximate surface area is 212 Å². The lowest BCUT2D eigenvalue weighted by molar-refractivity contribution is -0.152. The first kappa shape index (κ1) is 33.4. The molecule has 0 fully saturated rings. The maximum Gasteiger partial charge on any atom is 0.332 e. The normalized spacial score (nSPS) is 13.2. The predicted molar refractivity (Wildman–Crippen MR) is 142 cm³/mol. The van der Waals surface area contributed by atoms with Crippen molar-refractivity contribution in [1.82, 2.24) is 0 Å². The number of ether oxygens (including phenoxy) is 4. The Morgan fingerprint density at radius 3 is 1.65 bits per heavy atom. The lowest BCUT2D eigenvalue weighted by Crippen LogP contribution is -2.27. The first-order chi connectivity index (χ1) is 16.6. The number of unbranched alkanes of at least 4 members (excludes halogenated alkanes) is 12. The molecule has 0 aromatic rings. The highest BCUT2D eigenvalue weighted by Gasteiger charge is 2.25. The van der Waals surface area contributed by atoms with Gasteiger partial charge in [0.2, 0.25) is 0 Å². The van der Waals surface area contributed by atoms with Crippen LogP contribution >= 0.6 is 0 Å². The van der Waals surface area contributed by atoms with Crippen LogP contribution in [0.15, 0.2) is 0 Å². The smallest absolute Gasteiger partial charge is 0.332 e. The Morgan fingerprint density at radius 1 is 0.618 bits per heavy atom. The molecule has 1 atom stereocenters. The SMILES string of the molecule is CCCCCCCCCCC(C)(CCCCCCCC)COC(=O)COCCCOCCOC. The minimum absolute atomic E-state index is 0.0307. The minimum Gasteiger partial charge on any atom is -0.463 e. The maximum absolute atomic E-state index is 12.2. The van der Waals surface area contributed by atoms with E-state index in [1.165, 1.54) is 89.9 Å². The number of hydrogen-bond donors (Lipinski definition) is 0. The molecule has 0 aromatic heterocycles. The molecule has 204 valence electrons. The molecule has 0 spiro atoms. The maximum atomic E-state index is 12.2. The molecule has 1 unspecified atom stereocenters. The van der Waals surface area contributed by atoms with Gasteiger partial charge in [0.15, 0.2) is 0 Å². The fourth-order valence-electron chi connectivity index (χ4n) is 4.25. The van der Waals surface area contributed by atoms with E-state index >= 15 is 0 Å². The van der Waals surface area contributed by atoms with Crippen LogP contribution in [0.2, 0.25) is 0 Å². The fourth-order valence-corrected chi connectivity index (χ4v) is 4.25. The van der Waals surface area contributed by atoms with Crippen LogP contribution in [-0.2, 0) is 23.7 Å². The summed E-state index contributed by atoms with van der Waals surface area (Å²) in [6.07, 6.45) is 21.5. The summed E-state index contributed by atoms with van der Waals surface area (Å²) in [5.41, 5.74) is 0.0812. The highest BCUT2D eigenvalue weighted by atomic mass is 16.6. The average molecular weight is 487 g/mol. The zero-order valence-corrected chi connectivity index (χ0v) is 23.3. The van der Waals surface area contributed by atoms with Crippen LogP contribution in [0.4, 0.5) is 0 Å². The number of methoxy groups -OCH3 is 1. The summed E-state index contributed by atoms with van der Waals surface area (Å²) in [4.78, 5) is 12.2. The van der Waals surface area contributed by atoms with E-state index in [1.54, 1.807) is 7.11 Å². The molecule has 5 heteroatoms. The number of rotatable bonds is 27. The van der Waals surface area contributed by atoms with Crippen molar-refractivity contribution in [2.24, 2.45) is 5.41 Å². The fraction of sp³-hybridized carbons (Fsp3) is 0.966. The summed E-state index contributed by atoms with van der Waals surface area (Å²) in [6, 6.07) is 0. The van der Waals surface area contributed by atoms with E-state index in [2.05, 4.69) is 20.8 Å². The topological polar surface area (TPSA) is 54.0 Å². The lowest BCUT2D eigenvalue weighted by Gasteiger charge is -2.29. The monoisotopic (exact) mass is 486 g/mol. The van der Waals surface area contributed by atoms with Crippen molar-refractivity contribution >= 4 is 5.97 Å². The van der Waals surface area contributed by atoms with Crippen molar-refractivity contribution in [2.45, 2.75) is 130 Å². The van der Waals surface area contributed by atoms with Gasteiger partial charge in [-0.25, -0.2) is 4.79 Å². The third kappa shape index (κ3) is 23.1. The van der Waals surface area contributed by atoms with Gasteiger partial charge in [-0.3, -0.25) is 0 Å². The van der Waals surface area contributed by atoms with Gasteiger partial charge >= 0.3 is 5.97 Å². The molecule has 0 aromatic carbocycles. The van der Waals surface area contributed by atoms with Gasteiger partial charge in [0, 0.05) is 25.7 Å². The van der Waals surface area contributed by atoms with E-state index in [0.29, 0.717) is 33.0 Å². The van der Waals surface area contributed by atoms with Gasteiger partial charge in [-0.15, -0.1) is 0 Å². The number of carbonyl (C=O) groups excluding carboxylic acids is 1. The largest absolute Gasteiger partial charge is 0.463 e. The van der Waals surface area contributed by atoms with E-state index in [9.17, 15) is 4.79 Å². The van der Waals surface area contributed by atoms with E-state index in [1.807, 2.05) is 0 Å². The van der Waals surface area contributed by atoms with E-state index in [0.717, 1.165) is 19.3 Å². The Hall–Kier alpha value is -0.650. The first-order valence-corrected chi connectivity index (χ1v) is 14.4. The lowest BCUT2D eigenvalue weighted by atomic mass is 9.80. The van der Waals surface area contributed by atoms with Gasteiger partial charge in [0.1, 0.15) is 6.61 Å². The zero-order valence-electron chi connectivity index (χ0n) is 23.3. The van der Waals surface area contributed by atoms with Crippen molar-refractivity contribution in [3.63, 3.8) is 0 Å². The van der Waals surface area contributed by atoms with E-state index < -0.39 is 0 Å². The van der Waals surface area contributed by atoms with Gasteiger partial charge in [0.25, 0.3) is 0 Å². The minimum atomic E-state index is -0.245. The van der Waals surface area contributed by atoms with Crippen molar-refractivity contribution in [3.05, 3.63) is 0 Å². The standard InChI is InChI=1S/C29H58O5/c1-5-7-9-11-13-14-16-18-21-29(3,20-17-15-12-10-8-6-2)27-34-28(30)26-33-23-19-22-32-25-24-31-4/h5-27H2,1-4H3. The zero-order chi connectivity index (χ0) is 25.2. The molecule has 0 aliphatic carbocycles. The van der Waals surface area contributed by atoms with Crippen molar-refractivity contribution < 1.29 is 23.7 Å². The highest BCUT2D eigenvalue weighted by molar-refractivity contribution is 5.70. The quantitative estimate of drug-likeness (QED) is 0.0872. The molecule has 0 saturated carbocycles. The summed E-state index contributed by atoms with van der Waals surface area (Å²) in [5.74, 6) is -0.245. The number of esters is 1. The van der Waals surface area contributed by atoms with Crippen LogP contribution < -0.4 is 0 Å². The van der Waals surface area contributed by atoms with Crippen molar-refractivity contribution in [2.75, 3.05) is 46.8 Å². The Morgan fingerprint density at radius 2 is 1.12 bits per heavy atom. The van der Waals surface area contributed by atoms with Gasteiger partial charge in [-0.05, 0) is 19.3 Å². The van der Waals surface area contributed by atoms with E-state index in [4.69, 9.17) is 18.9 Å². The molecule has 0 heterocycles. The third-order valence-corrected chi connectivity index (χ3v) is 6.58. The molecule has 0 N–H and O–H groups in total. The summed E-state index contributed by atoms with van der Waals surface area (Å²) in [6.45, 7) is 9.70. The second kappa shape index (κ2) is 25.4. The third-order valence-electron chi connectivity index (χ3n) is 6.58. The molecule has 0 radical (unpaired) electrons. The summed E-state index contributed by atoms with van der Waals surface area (Å²) >= 11 is 0. The summed E-state index contributed by atoms with van der Waals surface area (Å²) < 4.78 is 21.5. The molecule has 0 rings (SSSR count). The van der Waals surface area contributed by atoms with Crippen LogP contribution in [0, 0.1) is 5.41 Å². The van der Waals surface area contributed by atoms with Crippen molar-refractivity contribution in [1.29, 1.82) is 0 Å². The highest BCUT2D eigenvalue weighted by Crippen LogP contribution is 2.32. The van der Waals surface area contributed by atoms with Gasteiger partial charge < -0.3 is 18.9 Å².